The van der Waals surface area contributed by atoms with Gasteiger partial charge in [0, 0.05) is 18.2 Å². The molecule has 1 unspecified atom stereocenters. The van der Waals surface area contributed by atoms with Crippen molar-refractivity contribution >= 4 is 18.0 Å². The first-order valence-electron chi connectivity index (χ1n) is 7.39. The summed E-state index contributed by atoms with van der Waals surface area (Å²) >= 11 is 0. The number of nitrogens with zero attached hydrogens (tertiary/aromatic N) is 1. The molecule has 0 amide bonds. The van der Waals surface area contributed by atoms with Gasteiger partial charge in [-0.05, 0) is 39.0 Å². The summed E-state index contributed by atoms with van der Waals surface area (Å²) in [6, 6.07) is 5.35. The molecular formula is C17H21NO5. The Bertz CT molecular complexity index is 618. The van der Waals surface area contributed by atoms with Crippen LogP contribution in [0.1, 0.15) is 32.9 Å². The summed E-state index contributed by atoms with van der Waals surface area (Å²) in [7, 11) is 0. The van der Waals surface area contributed by atoms with Crippen LogP contribution in [0.4, 0.5) is 0 Å². The van der Waals surface area contributed by atoms with E-state index in [2.05, 4.69) is 4.98 Å². The first-order chi connectivity index (χ1) is 10.8. The lowest BCUT2D eigenvalue weighted by Gasteiger charge is -2.26. The molecule has 124 valence electrons. The SMILES string of the molecule is CC(C)(C)C(=O)OCC1(CO)C/C(=C\c2ccccn2)C(=O)O1. The number of cyclic esters (lactones) is 1. The Morgan fingerprint density at radius 3 is 2.78 bits per heavy atom. The number of rotatable bonds is 4. The highest BCUT2D eigenvalue weighted by Gasteiger charge is 2.45. The number of hydrogen-bond donors (Lipinski definition) is 1. The number of carbonyl (C=O) groups excluding carboxylic acids is 2. The lowest BCUT2D eigenvalue weighted by Crippen LogP contribution is -2.40. The summed E-state index contributed by atoms with van der Waals surface area (Å²) in [5.41, 5.74) is -0.866. The van der Waals surface area contributed by atoms with Crippen molar-refractivity contribution in [2.45, 2.75) is 32.8 Å². The van der Waals surface area contributed by atoms with Crippen LogP contribution in [-0.2, 0) is 19.1 Å². The molecule has 1 aromatic rings. The maximum atomic E-state index is 12.0. The molecule has 1 saturated heterocycles. The number of ether oxygens (including phenoxy) is 2. The largest absolute Gasteiger partial charge is 0.461 e. The van der Waals surface area contributed by atoms with Gasteiger partial charge in [0.05, 0.1) is 17.7 Å². The molecule has 0 aromatic carbocycles. The van der Waals surface area contributed by atoms with Crippen LogP contribution in [0.5, 0.6) is 0 Å². The second-order valence-electron chi connectivity index (χ2n) is 6.66. The molecule has 23 heavy (non-hydrogen) atoms. The summed E-state index contributed by atoms with van der Waals surface area (Å²) < 4.78 is 10.5. The molecule has 6 heteroatoms. The first-order valence-corrected chi connectivity index (χ1v) is 7.39. The molecule has 1 aliphatic rings. The molecule has 0 radical (unpaired) electrons. The smallest absolute Gasteiger partial charge is 0.335 e. The number of carbonyl (C=O) groups is 2. The Hall–Kier alpha value is -2.21. The average Bonchev–Trinajstić information content (AvgIpc) is 2.82. The van der Waals surface area contributed by atoms with Gasteiger partial charge < -0.3 is 14.6 Å². The van der Waals surface area contributed by atoms with Crippen molar-refractivity contribution in [3.63, 3.8) is 0 Å². The van der Waals surface area contributed by atoms with Crippen LogP contribution in [0.25, 0.3) is 6.08 Å². The Labute approximate surface area is 135 Å². The van der Waals surface area contributed by atoms with E-state index in [9.17, 15) is 14.7 Å². The number of hydrogen-bond acceptors (Lipinski definition) is 6. The lowest BCUT2D eigenvalue weighted by atomic mass is 9.96. The highest BCUT2D eigenvalue weighted by atomic mass is 16.6. The van der Waals surface area contributed by atoms with Crippen LogP contribution in [0.2, 0.25) is 0 Å². The fourth-order valence-electron chi connectivity index (χ4n) is 2.10. The van der Waals surface area contributed by atoms with E-state index < -0.39 is 29.6 Å². The van der Waals surface area contributed by atoms with Crippen LogP contribution in [0.3, 0.4) is 0 Å². The number of pyridine rings is 1. The molecule has 0 saturated carbocycles. The Morgan fingerprint density at radius 2 is 2.22 bits per heavy atom. The van der Waals surface area contributed by atoms with Crippen molar-refractivity contribution in [1.82, 2.24) is 4.98 Å². The van der Waals surface area contributed by atoms with Crippen LogP contribution in [0.15, 0.2) is 30.0 Å². The van der Waals surface area contributed by atoms with E-state index in [0.29, 0.717) is 11.3 Å². The molecule has 0 spiro atoms. The third kappa shape index (κ3) is 4.16. The maximum absolute atomic E-state index is 12.0. The van der Waals surface area contributed by atoms with Gasteiger partial charge in [-0.25, -0.2) is 4.79 Å². The quantitative estimate of drug-likeness (QED) is 0.672. The van der Waals surface area contributed by atoms with Gasteiger partial charge in [-0.15, -0.1) is 0 Å². The van der Waals surface area contributed by atoms with Gasteiger partial charge in [0.1, 0.15) is 6.61 Å². The summed E-state index contributed by atoms with van der Waals surface area (Å²) in [5, 5.41) is 9.62. The van der Waals surface area contributed by atoms with Gasteiger partial charge in [-0.2, -0.15) is 0 Å². The summed E-state index contributed by atoms with van der Waals surface area (Å²) in [6.07, 6.45) is 3.40. The molecule has 1 N–H and O–H groups in total. The van der Waals surface area contributed by atoms with Gasteiger partial charge in [-0.3, -0.25) is 9.78 Å². The summed E-state index contributed by atoms with van der Waals surface area (Å²) in [4.78, 5) is 28.0. The number of aromatic nitrogens is 1. The predicted molar refractivity (Wildman–Crippen MR) is 83.2 cm³/mol. The molecule has 2 rings (SSSR count). The highest BCUT2D eigenvalue weighted by molar-refractivity contribution is 5.96. The first kappa shape index (κ1) is 17.1. The topological polar surface area (TPSA) is 85.7 Å². The van der Waals surface area contributed by atoms with Gasteiger partial charge in [-0.1, -0.05) is 6.07 Å². The van der Waals surface area contributed by atoms with E-state index in [0.717, 1.165) is 0 Å². The van der Waals surface area contributed by atoms with E-state index in [4.69, 9.17) is 9.47 Å². The lowest BCUT2D eigenvalue weighted by molar-refractivity contribution is -0.171. The van der Waals surface area contributed by atoms with Crippen molar-refractivity contribution < 1.29 is 24.2 Å². The normalized spacial score (nSPS) is 23.0. The molecule has 6 nitrogen and oxygen atoms in total. The monoisotopic (exact) mass is 319 g/mol. The summed E-state index contributed by atoms with van der Waals surface area (Å²) in [5.74, 6) is -0.944. The molecule has 0 aliphatic carbocycles. The van der Waals surface area contributed by atoms with E-state index >= 15 is 0 Å². The van der Waals surface area contributed by atoms with Crippen LogP contribution in [0, 0.1) is 5.41 Å². The van der Waals surface area contributed by atoms with E-state index in [-0.39, 0.29) is 13.0 Å². The third-order valence-corrected chi connectivity index (χ3v) is 3.46. The molecule has 2 heterocycles. The number of aliphatic hydroxyl groups is 1. The second-order valence-corrected chi connectivity index (χ2v) is 6.66. The van der Waals surface area contributed by atoms with Crippen molar-refractivity contribution in [1.29, 1.82) is 0 Å². The zero-order valence-corrected chi connectivity index (χ0v) is 13.5. The Kier molecular flexibility index (Phi) is 4.85. The third-order valence-electron chi connectivity index (χ3n) is 3.46. The maximum Gasteiger partial charge on any atom is 0.335 e. The molecule has 1 fully saturated rings. The number of aliphatic hydroxyl groups excluding tert-OH is 1. The Balaban J connectivity index is 2.11. The predicted octanol–water partition coefficient (Wildman–Crippen LogP) is 1.73. The molecule has 1 atom stereocenters. The van der Waals surface area contributed by atoms with Crippen LogP contribution < -0.4 is 0 Å². The van der Waals surface area contributed by atoms with E-state index in [1.54, 1.807) is 45.2 Å². The highest BCUT2D eigenvalue weighted by Crippen LogP contribution is 2.32. The van der Waals surface area contributed by atoms with Crippen molar-refractivity contribution in [3.05, 3.63) is 35.7 Å². The van der Waals surface area contributed by atoms with Gasteiger partial charge in [0.15, 0.2) is 5.60 Å². The minimum absolute atomic E-state index is 0.163. The fourth-order valence-corrected chi connectivity index (χ4v) is 2.10. The Morgan fingerprint density at radius 1 is 1.48 bits per heavy atom. The molecule has 0 bridgehead atoms. The molecule has 1 aliphatic heterocycles. The fraction of sp³-hybridized carbons (Fsp3) is 0.471. The average molecular weight is 319 g/mol. The van der Waals surface area contributed by atoms with Crippen molar-refractivity contribution in [2.24, 2.45) is 5.41 Å². The van der Waals surface area contributed by atoms with Gasteiger partial charge in [0.2, 0.25) is 0 Å². The van der Waals surface area contributed by atoms with Crippen LogP contribution in [-0.4, -0.2) is 40.8 Å². The standard InChI is InChI=1S/C17H21NO5/c1-16(2,3)15(21)22-11-17(10-19)9-12(14(20)23-17)8-13-6-4-5-7-18-13/h4-8,19H,9-11H2,1-3H3/b12-8+. The molecule has 1 aromatic heterocycles. The van der Waals surface area contributed by atoms with Crippen molar-refractivity contribution in [3.8, 4) is 0 Å². The zero-order chi connectivity index (χ0) is 17.1. The second kappa shape index (κ2) is 6.50. The van der Waals surface area contributed by atoms with E-state index in [1.165, 1.54) is 0 Å². The van der Waals surface area contributed by atoms with E-state index in [1.807, 2.05) is 6.07 Å². The number of esters is 2. The minimum atomic E-state index is -1.22. The minimum Gasteiger partial charge on any atom is -0.461 e. The summed E-state index contributed by atoms with van der Waals surface area (Å²) in [6.45, 7) is 4.59. The van der Waals surface area contributed by atoms with Crippen molar-refractivity contribution in [2.75, 3.05) is 13.2 Å². The van der Waals surface area contributed by atoms with Gasteiger partial charge >= 0.3 is 11.9 Å². The van der Waals surface area contributed by atoms with Crippen LogP contribution >= 0.6 is 0 Å². The molecular weight excluding hydrogens is 298 g/mol. The zero-order valence-electron chi connectivity index (χ0n) is 13.5. The van der Waals surface area contributed by atoms with Gasteiger partial charge in [0.25, 0.3) is 0 Å².